The van der Waals surface area contributed by atoms with Gasteiger partial charge in [0.05, 0.1) is 13.2 Å². The first-order chi connectivity index (χ1) is 24.9. The van der Waals surface area contributed by atoms with Gasteiger partial charge in [-0.05, 0) is 12.8 Å². The van der Waals surface area contributed by atoms with Gasteiger partial charge in [0.15, 0.2) is 0 Å². The Morgan fingerprint density at radius 1 is 0.623 bits per heavy atom. The number of aryl methyl sites for hydroxylation is 2. The molecule has 0 N–H and O–H groups in total. The van der Waals surface area contributed by atoms with Crippen LogP contribution < -0.4 is 0 Å². The molecule has 0 atom stereocenters. The summed E-state index contributed by atoms with van der Waals surface area (Å²) in [5.74, 6) is -2.78. The van der Waals surface area contributed by atoms with Crippen molar-refractivity contribution in [1.29, 1.82) is 0 Å². The average Bonchev–Trinajstić information content (AvgIpc) is 3.90. The molecular weight excluding hydrogens is 720 g/mol. The Bertz CT molecular complexity index is 1340. The van der Waals surface area contributed by atoms with Gasteiger partial charge in [0.25, 0.3) is 0 Å². The van der Waals surface area contributed by atoms with Crippen LogP contribution in [0.3, 0.4) is 0 Å². The Morgan fingerprint density at radius 3 is 1.21 bits per heavy atom. The largest absolute Gasteiger partial charge is 4.00 e. The molecule has 4 aromatic rings. The van der Waals surface area contributed by atoms with Gasteiger partial charge in [-0.25, -0.2) is 41.8 Å². The molecule has 288 valence electrons. The summed E-state index contributed by atoms with van der Waals surface area (Å²) in [5.41, 5.74) is 0.833. The van der Waals surface area contributed by atoms with E-state index in [-0.39, 0.29) is 45.4 Å². The van der Waals surface area contributed by atoms with Crippen molar-refractivity contribution < 1.29 is 58.3 Å². The summed E-state index contributed by atoms with van der Waals surface area (Å²) < 4.78 is 62.5. The number of nitrogens with zero attached hydrogens (tertiary/aromatic N) is 2. The van der Waals surface area contributed by atoms with Crippen LogP contribution in [-0.4, -0.2) is 75.2 Å². The zero-order chi connectivity index (χ0) is 38.7. The van der Waals surface area contributed by atoms with Gasteiger partial charge in [0.2, 0.25) is 11.8 Å². The van der Waals surface area contributed by atoms with Gasteiger partial charge in [0.1, 0.15) is 0 Å². The maximum Gasteiger partial charge on any atom is 4.00 e. The number of carbonyl (C=O) groups excluding carboxylic acids is 2. The second-order valence-electron chi connectivity index (χ2n) is 12.4. The van der Waals surface area contributed by atoms with Crippen LogP contribution in [0.2, 0.25) is 0 Å². The van der Waals surface area contributed by atoms with E-state index in [0.29, 0.717) is 76.2 Å². The Labute approximate surface area is 329 Å². The van der Waals surface area contributed by atoms with E-state index in [1.807, 2.05) is 100 Å². The van der Waals surface area contributed by atoms with Crippen molar-refractivity contribution in [2.24, 2.45) is 11.8 Å². The van der Waals surface area contributed by atoms with Crippen molar-refractivity contribution in [3.05, 3.63) is 131 Å². The maximum atomic E-state index is 13.5. The minimum absolute atomic E-state index is 0. The second-order valence-corrected chi connectivity index (χ2v) is 12.4. The van der Waals surface area contributed by atoms with Gasteiger partial charge in [-0.3, -0.25) is 9.59 Å². The van der Waals surface area contributed by atoms with Crippen molar-refractivity contribution in [2.75, 3.05) is 53.6 Å². The maximum absolute atomic E-state index is 13.5. The first-order valence-electron chi connectivity index (χ1n) is 17.5. The van der Waals surface area contributed by atoms with Crippen molar-refractivity contribution >= 4 is 11.8 Å². The summed E-state index contributed by atoms with van der Waals surface area (Å²) in [4.78, 5) is 27.5. The molecule has 0 aliphatic rings. The van der Waals surface area contributed by atoms with Gasteiger partial charge in [-0.1, -0.05) is 40.5 Å². The van der Waals surface area contributed by atoms with Crippen LogP contribution in [0, 0.1) is 47.2 Å². The molecule has 0 spiro atoms. The molecule has 0 heterocycles. The fourth-order valence-electron chi connectivity index (χ4n) is 4.69. The molecule has 0 unspecified atom stereocenters. The number of amides is 2. The zero-order valence-electron chi connectivity index (χ0n) is 31.8. The Morgan fingerprint density at radius 2 is 0.962 bits per heavy atom. The Hall–Kier alpha value is -3.57. The molecule has 4 rings (SSSR count). The minimum atomic E-state index is -0.701. The summed E-state index contributed by atoms with van der Waals surface area (Å²) in [7, 11) is 3.17. The predicted octanol–water partition coefficient (Wildman–Crippen LogP) is 8.47. The van der Waals surface area contributed by atoms with Crippen LogP contribution in [0.15, 0.2) is 84.9 Å². The van der Waals surface area contributed by atoms with E-state index >= 15 is 0 Å². The van der Waals surface area contributed by atoms with Crippen molar-refractivity contribution in [2.45, 2.75) is 53.4 Å². The van der Waals surface area contributed by atoms with Crippen LogP contribution >= 0.6 is 0 Å². The number of halogens is 4. The zero-order valence-corrected chi connectivity index (χ0v) is 33.4. The fraction of sp³-hybridized carbons (Fsp3) is 0.429. The minimum Gasteiger partial charge on any atom is -0.383 e. The normalized spacial score (nSPS) is 10.2. The standard InChI is InChI=1S/2C16H22F2NO2.2C5H5.Ti/c2*1-12(2)16(20)19(9-10-21-3)8-4-5-13-6-7-14(17)11-15(13)18;2*1-2-4-5-3-1;/h2*6-7,12H,4-5,8-10H2,1-3H3;2*1-5H;/q4*-1;+4. The van der Waals surface area contributed by atoms with E-state index in [9.17, 15) is 27.2 Å². The first kappa shape index (κ1) is 49.4. The fourth-order valence-corrected chi connectivity index (χ4v) is 4.69. The quantitative estimate of drug-likeness (QED) is 0.0652. The van der Waals surface area contributed by atoms with E-state index in [1.54, 1.807) is 24.0 Å². The van der Waals surface area contributed by atoms with E-state index in [1.165, 1.54) is 24.3 Å². The number of rotatable bonds is 16. The van der Waals surface area contributed by atoms with E-state index < -0.39 is 23.3 Å². The number of hydrogen-bond donors (Lipinski definition) is 0. The summed E-state index contributed by atoms with van der Waals surface area (Å²) in [6.45, 7) is 10.4. The molecule has 2 amide bonds. The van der Waals surface area contributed by atoms with E-state index in [4.69, 9.17) is 9.47 Å². The molecule has 0 aliphatic carbocycles. The number of hydrogen-bond acceptors (Lipinski definition) is 4. The second kappa shape index (κ2) is 29.8. The summed E-state index contributed by atoms with van der Waals surface area (Å²) in [6.07, 6.45) is 2.10. The van der Waals surface area contributed by atoms with E-state index in [2.05, 4.69) is 0 Å². The number of carbonyl (C=O) groups is 2. The van der Waals surface area contributed by atoms with Crippen molar-refractivity contribution in [3.8, 4) is 0 Å². The number of methoxy groups -OCH3 is 2. The van der Waals surface area contributed by atoms with Crippen LogP contribution in [0.1, 0.15) is 51.7 Å². The van der Waals surface area contributed by atoms with Gasteiger partial charge in [-0.15, -0.1) is 35.4 Å². The Kier molecular flexibility index (Phi) is 27.8. The topological polar surface area (TPSA) is 59.1 Å². The molecule has 53 heavy (non-hydrogen) atoms. The predicted molar refractivity (Wildman–Crippen MR) is 198 cm³/mol. The molecule has 0 radical (unpaired) electrons. The third kappa shape index (κ3) is 22.3. The molecule has 4 aromatic carbocycles. The van der Waals surface area contributed by atoms with Crippen molar-refractivity contribution in [1.82, 2.24) is 9.80 Å². The third-order valence-corrected chi connectivity index (χ3v) is 7.49. The number of ether oxygens (including phenoxy) is 2. The van der Waals surface area contributed by atoms with Crippen molar-refractivity contribution in [3.63, 3.8) is 0 Å². The molecule has 11 heteroatoms. The van der Waals surface area contributed by atoms with Crippen LogP contribution in [-0.2, 0) is 53.6 Å². The molecular formula is C42H54F4N2O4Ti. The molecule has 0 bridgehead atoms. The van der Waals surface area contributed by atoms with Gasteiger partial charge in [0, 0.05) is 75.5 Å². The van der Waals surface area contributed by atoms with Gasteiger partial charge in [-0.2, -0.15) is 48.5 Å². The smallest absolute Gasteiger partial charge is 0.383 e. The SMILES string of the molecule is COCCN(CCCc1ccc(F)[c-]c1F)C(=O)C(C)C.COCCN(CCCc1ccc(F)[c-]c1F)C(=O)C(C)C.[Ti+4].c1cc[cH-]c1.c1cc[cH-]c1. The molecule has 0 saturated heterocycles. The van der Waals surface area contributed by atoms with Crippen LogP contribution in [0.25, 0.3) is 0 Å². The van der Waals surface area contributed by atoms with Gasteiger partial charge < -0.3 is 19.3 Å². The molecule has 0 fully saturated rings. The molecule has 0 saturated carbocycles. The van der Waals surface area contributed by atoms with Crippen LogP contribution in [0.5, 0.6) is 0 Å². The molecule has 0 aromatic heterocycles. The molecule has 0 aliphatic heterocycles. The molecule has 6 nitrogen and oxygen atoms in total. The van der Waals surface area contributed by atoms with Crippen LogP contribution in [0.4, 0.5) is 17.6 Å². The third-order valence-electron chi connectivity index (χ3n) is 7.49. The summed E-state index contributed by atoms with van der Waals surface area (Å²) in [6, 6.07) is 29.3. The van der Waals surface area contributed by atoms with Gasteiger partial charge >= 0.3 is 21.7 Å². The Balaban J connectivity index is 0.000000791. The summed E-state index contributed by atoms with van der Waals surface area (Å²) in [5, 5.41) is 0. The number of benzene rings is 2. The monoisotopic (exact) mass is 774 g/mol. The van der Waals surface area contributed by atoms with E-state index in [0.717, 1.165) is 0 Å². The first-order valence-corrected chi connectivity index (χ1v) is 17.5. The summed E-state index contributed by atoms with van der Waals surface area (Å²) >= 11 is 0. The average molecular weight is 775 g/mol.